The van der Waals surface area contributed by atoms with Crippen molar-refractivity contribution in [2.24, 2.45) is 0 Å². The average molecular weight is 358 g/mol. The van der Waals surface area contributed by atoms with Crippen LogP contribution in [0.25, 0.3) is 11.1 Å². The fourth-order valence-corrected chi connectivity index (χ4v) is 3.36. The average Bonchev–Trinajstić information content (AvgIpc) is 2.51. The second-order valence-electron chi connectivity index (χ2n) is 6.80. The standard InChI is InChI=1S/C19H16F6/c1-19(25)4-2-10(3-5-19)11-6-13(20)17(14(21)7-11)12-8-15(22)18(24)16(23)9-12/h6-10H,2-5H2,1H3. The lowest BCUT2D eigenvalue weighted by molar-refractivity contribution is 0.120. The first-order valence-electron chi connectivity index (χ1n) is 8.01. The first-order chi connectivity index (χ1) is 11.7. The van der Waals surface area contributed by atoms with Crippen molar-refractivity contribution < 1.29 is 26.3 Å². The lowest BCUT2D eigenvalue weighted by Gasteiger charge is -2.31. The van der Waals surface area contributed by atoms with Crippen molar-refractivity contribution in [3.63, 3.8) is 0 Å². The van der Waals surface area contributed by atoms with Crippen LogP contribution in [0.2, 0.25) is 0 Å². The maximum atomic E-state index is 14.4. The molecule has 2 aromatic rings. The second-order valence-corrected chi connectivity index (χ2v) is 6.80. The van der Waals surface area contributed by atoms with Crippen LogP contribution < -0.4 is 0 Å². The molecule has 0 nitrogen and oxygen atoms in total. The van der Waals surface area contributed by atoms with Crippen LogP contribution >= 0.6 is 0 Å². The number of benzene rings is 2. The molecular weight excluding hydrogens is 342 g/mol. The monoisotopic (exact) mass is 358 g/mol. The molecule has 6 heteroatoms. The number of hydrogen-bond acceptors (Lipinski definition) is 0. The largest absolute Gasteiger partial charge is 0.244 e. The van der Waals surface area contributed by atoms with Crippen molar-refractivity contribution in [1.29, 1.82) is 0 Å². The zero-order chi connectivity index (χ0) is 18.4. The molecule has 0 unspecified atom stereocenters. The Hall–Kier alpha value is -1.98. The summed E-state index contributed by atoms with van der Waals surface area (Å²) in [7, 11) is 0. The van der Waals surface area contributed by atoms with Crippen molar-refractivity contribution in [1.82, 2.24) is 0 Å². The Bertz CT molecular complexity index is 756. The minimum Gasteiger partial charge on any atom is -0.244 e. The third kappa shape index (κ3) is 3.53. The molecule has 0 atom stereocenters. The third-order valence-electron chi connectivity index (χ3n) is 4.84. The molecule has 1 saturated carbocycles. The van der Waals surface area contributed by atoms with E-state index < -0.39 is 45.9 Å². The van der Waals surface area contributed by atoms with Crippen LogP contribution in [0, 0.1) is 29.1 Å². The Balaban J connectivity index is 1.96. The highest BCUT2D eigenvalue weighted by Crippen LogP contribution is 2.41. The van der Waals surface area contributed by atoms with Gasteiger partial charge in [0.15, 0.2) is 17.5 Å². The van der Waals surface area contributed by atoms with Crippen LogP contribution in [0.3, 0.4) is 0 Å². The molecule has 0 saturated heterocycles. The minimum absolute atomic E-state index is 0.177. The van der Waals surface area contributed by atoms with Gasteiger partial charge < -0.3 is 0 Å². The van der Waals surface area contributed by atoms with E-state index in [9.17, 15) is 26.3 Å². The lowest BCUT2D eigenvalue weighted by Crippen LogP contribution is -2.25. The predicted molar refractivity (Wildman–Crippen MR) is 82.4 cm³/mol. The molecule has 3 rings (SSSR count). The van der Waals surface area contributed by atoms with Gasteiger partial charge in [0.25, 0.3) is 0 Å². The van der Waals surface area contributed by atoms with Crippen LogP contribution in [0.5, 0.6) is 0 Å². The number of hydrogen-bond donors (Lipinski definition) is 0. The van der Waals surface area contributed by atoms with E-state index >= 15 is 0 Å². The van der Waals surface area contributed by atoms with Gasteiger partial charge in [0.05, 0.1) is 5.56 Å². The van der Waals surface area contributed by atoms with E-state index in [1.54, 1.807) is 0 Å². The maximum Gasteiger partial charge on any atom is 0.194 e. The minimum atomic E-state index is -1.70. The zero-order valence-corrected chi connectivity index (χ0v) is 13.5. The quantitative estimate of drug-likeness (QED) is 0.428. The van der Waals surface area contributed by atoms with Gasteiger partial charge in [-0.25, -0.2) is 26.3 Å². The summed E-state index contributed by atoms with van der Waals surface area (Å²) >= 11 is 0. The van der Waals surface area contributed by atoms with Gasteiger partial charge >= 0.3 is 0 Å². The van der Waals surface area contributed by atoms with Crippen molar-refractivity contribution in [3.8, 4) is 11.1 Å². The topological polar surface area (TPSA) is 0 Å². The van der Waals surface area contributed by atoms with Crippen molar-refractivity contribution in [2.75, 3.05) is 0 Å². The van der Waals surface area contributed by atoms with Gasteiger partial charge in [-0.1, -0.05) is 0 Å². The Morgan fingerprint density at radius 2 is 1.28 bits per heavy atom. The molecule has 2 aromatic carbocycles. The molecule has 0 aromatic heterocycles. The van der Waals surface area contributed by atoms with Gasteiger partial charge in [-0.15, -0.1) is 0 Å². The molecule has 1 aliphatic carbocycles. The van der Waals surface area contributed by atoms with Crippen LogP contribution in [0.4, 0.5) is 26.3 Å². The molecule has 25 heavy (non-hydrogen) atoms. The van der Waals surface area contributed by atoms with E-state index in [-0.39, 0.29) is 5.92 Å². The van der Waals surface area contributed by atoms with E-state index in [1.165, 1.54) is 6.92 Å². The Morgan fingerprint density at radius 1 is 0.800 bits per heavy atom. The van der Waals surface area contributed by atoms with Gasteiger partial charge in [0.1, 0.15) is 17.3 Å². The molecule has 0 amide bonds. The number of halogens is 6. The van der Waals surface area contributed by atoms with Gasteiger partial charge in [-0.05, 0) is 73.9 Å². The van der Waals surface area contributed by atoms with Gasteiger partial charge in [0.2, 0.25) is 0 Å². The highest BCUT2D eigenvalue weighted by molar-refractivity contribution is 5.65. The molecule has 0 heterocycles. The van der Waals surface area contributed by atoms with Crippen LogP contribution in [-0.2, 0) is 0 Å². The third-order valence-corrected chi connectivity index (χ3v) is 4.84. The second kappa shape index (κ2) is 6.39. The zero-order valence-electron chi connectivity index (χ0n) is 13.5. The first-order valence-corrected chi connectivity index (χ1v) is 8.01. The molecule has 1 fully saturated rings. The van der Waals surface area contributed by atoms with Crippen molar-refractivity contribution >= 4 is 0 Å². The SMILES string of the molecule is CC1(F)CCC(c2cc(F)c(-c3cc(F)c(F)c(F)c3)c(F)c2)CC1. The Kier molecular flexibility index (Phi) is 4.56. The highest BCUT2D eigenvalue weighted by atomic mass is 19.2. The van der Waals surface area contributed by atoms with E-state index in [2.05, 4.69) is 0 Å². The van der Waals surface area contributed by atoms with Gasteiger partial charge in [-0.2, -0.15) is 0 Å². The molecule has 1 aliphatic rings. The van der Waals surface area contributed by atoms with E-state index in [0.29, 0.717) is 43.4 Å². The summed E-state index contributed by atoms with van der Waals surface area (Å²) in [6.07, 6.45) is 1.53. The molecular formula is C19H16F6. The molecule has 134 valence electrons. The summed E-state index contributed by atoms with van der Waals surface area (Å²) < 4.78 is 82.4. The van der Waals surface area contributed by atoms with Crippen molar-refractivity contribution in [3.05, 3.63) is 58.9 Å². The van der Waals surface area contributed by atoms with Gasteiger partial charge in [0, 0.05) is 0 Å². The fourth-order valence-electron chi connectivity index (χ4n) is 3.36. The summed E-state index contributed by atoms with van der Waals surface area (Å²) in [6, 6.07) is 3.30. The summed E-state index contributed by atoms with van der Waals surface area (Å²) in [6.45, 7) is 1.51. The fraction of sp³-hybridized carbons (Fsp3) is 0.368. The summed E-state index contributed by atoms with van der Waals surface area (Å²) in [5, 5.41) is 0. The molecule has 0 bridgehead atoms. The Morgan fingerprint density at radius 3 is 1.76 bits per heavy atom. The summed E-state index contributed by atoms with van der Waals surface area (Å²) in [5.74, 6) is -6.90. The lowest BCUT2D eigenvalue weighted by atomic mass is 9.77. The van der Waals surface area contributed by atoms with Crippen molar-refractivity contribution in [2.45, 2.75) is 44.2 Å². The normalized spacial score (nSPS) is 23.7. The number of alkyl halides is 1. The van der Waals surface area contributed by atoms with Gasteiger partial charge in [-0.3, -0.25) is 0 Å². The first kappa shape index (κ1) is 17.8. The highest BCUT2D eigenvalue weighted by Gasteiger charge is 2.32. The molecule has 0 aliphatic heterocycles. The summed E-state index contributed by atoms with van der Waals surface area (Å²) in [4.78, 5) is 0. The smallest absolute Gasteiger partial charge is 0.194 e. The van der Waals surface area contributed by atoms with Crippen LogP contribution in [0.1, 0.15) is 44.1 Å². The Labute approximate surface area is 141 Å². The van der Waals surface area contributed by atoms with Crippen LogP contribution in [-0.4, -0.2) is 5.67 Å². The van der Waals surface area contributed by atoms with Crippen LogP contribution in [0.15, 0.2) is 24.3 Å². The molecule has 0 N–H and O–H groups in total. The van der Waals surface area contributed by atoms with E-state index in [1.807, 2.05) is 0 Å². The molecule has 0 radical (unpaired) electrons. The predicted octanol–water partition coefficient (Wildman–Crippen LogP) is 6.43. The van der Waals surface area contributed by atoms with E-state index in [4.69, 9.17) is 0 Å². The summed E-state index contributed by atoms with van der Waals surface area (Å²) in [5.41, 5.74) is -1.92. The number of rotatable bonds is 2. The van der Waals surface area contributed by atoms with E-state index in [0.717, 1.165) is 12.1 Å². The molecule has 0 spiro atoms. The maximum absolute atomic E-state index is 14.4.